The van der Waals surface area contributed by atoms with E-state index < -0.39 is 35.7 Å². The Morgan fingerprint density at radius 3 is 2.69 bits per heavy atom. The number of fused-ring (bicyclic) bond motifs is 3. The third-order valence-corrected chi connectivity index (χ3v) is 6.36. The molecule has 3 heterocycles. The summed E-state index contributed by atoms with van der Waals surface area (Å²) in [5, 5.41) is 0. The number of epoxide rings is 2. The van der Waals surface area contributed by atoms with Gasteiger partial charge in [0.1, 0.15) is 18.3 Å². The molecule has 4 rings (SSSR count). The first-order chi connectivity index (χ1) is 12.2. The molecule has 1 aliphatic carbocycles. The number of esters is 2. The predicted octanol–water partition coefficient (Wildman–Crippen LogP) is 2.46. The van der Waals surface area contributed by atoms with Crippen LogP contribution in [-0.4, -0.2) is 47.6 Å². The van der Waals surface area contributed by atoms with E-state index in [9.17, 15) is 9.59 Å². The number of rotatable bonds is 2. The van der Waals surface area contributed by atoms with Crippen molar-refractivity contribution < 1.29 is 28.5 Å². The molecule has 4 aliphatic rings. The van der Waals surface area contributed by atoms with E-state index in [1.165, 1.54) is 0 Å². The highest BCUT2D eigenvalue weighted by atomic mass is 16.7. The van der Waals surface area contributed by atoms with Gasteiger partial charge in [0.2, 0.25) is 0 Å². The van der Waals surface area contributed by atoms with E-state index in [4.69, 9.17) is 18.9 Å². The van der Waals surface area contributed by atoms with Gasteiger partial charge < -0.3 is 18.9 Å². The third-order valence-electron chi connectivity index (χ3n) is 6.36. The second kappa shape index (κ2) is 5.67. The first kappa shape index (κ1) is 17.7. The van der Waals surface area contributed by atoms with Crippen LogP contribution in [-0.2, 0) is 28.5 Å². The van der Waals surface area contributed by atoms with Crippen LogP contribution in [0.15, 0.2) is 23.8 Å². The summed E-state index contributed by atoms with van der Waals surface area (Å²) in [6.45, 7) is 11.5. The summed E-state index contributed by atoms with van der Waals surface area (Å²) in [6, 6.07) is 0. The largest absolute Gasteiger partial charge is 0.459 e. The van der Waals surface area contributed by atoms with Gasteiger partial charge in [0.15, 0.2) is 5.60 Å². The number of carbonyl (C=O) groups excluding carboxylic acids is 2. The quantitative estimate of drug-likeness (QED) is 0.325. The van der Waals surface area contributed by atoms with Crippen molar-refractivity contribution in [3.05, 3.63) is 23.8 Å². The first-order valence-electron chi connectivity index (χ1n) is 9.28. The summed E-state index contributed by atoms with van der Waals surface area (Å²) < 4.78 is 22.8. The van der Waals surface area contributed by atoms with Gasteiger partial charge in [-0.05, 0) is 40.5 Å². The molecule has 0 aromatic carbocycles. The van der Waals surface area contributed by atoms with E-state index in [1.54, 1.807) is 6.92 Å². The molecule has 3 saturated heterocycles. The van der Waals surface area contributed by atoms with Crippen LogP contribution in [0.2, 0.25) is 0 Å². The van der Waals surface area contributed by atoms with Crippen molar-refractivity contribution >= 4 is 11.9 Å². The van der Waals surface area contributed by atoms with E-state index in [2.05, 4.69) is 12.7 Å². The zero-order valence-electron chi connectivity index (χ0n) is 15.7. The molecule has 3 fully saturated rings. The molecule has 0 bridgehead atoms. The smallest absolute Gasteiger partial charge is 0.341 e. The monoisotopic (exact) mass is 362 g/mol. The molecule has 0 spiro atoms. The van der Waals surface area contributed by atoms with Crippen LogP contribution < -0.4 is 0 Å². The van der Waals surface area contributed by atoms with Crippen molar-refractivity contribution in [1.82, 2.24) is 0 Å². The van der Waals surface area contributed by atoms with Crippen LogP contribution in [0.5, 0.6) is 0 Å². The number of carbonyl (C=O) groups is 2. The molecule has 0 aromatic heterocycles. The van der Waals surface area contributed by atoms with Gasteiger partial charge in [-0.25, -0.2) is 9.59 Å². The Balaban J connectivity index is 1.64. The average Bonchev–Trinajstić information content (AvgIpc) is 3.37. The zero-order chi connectivity index (χ0) is 18.9. The van der Waals surface area contributed by atoms with Gasteiger partial charge in [0.05, 0.1) is 17.6 Å². The average molecular weight is 362 g/mol. The van der Waals surface area contributed by atoms with E-state index in [0.717, 1.165) is 18.4 Å². The lowest BCUT2D eigenvalue weighted by molar-refractivity contribution is -0.158. The molecule has 0 saturated carbocycles. The van der Waals surface area contributed by atoms with Crippen LogP contribution in [0.1, 0.15) is 47.0 Å². The molecule has 0 aromatic rings. The van der Waals surface area contributed by atoms with E-state index in [1.807, 2.05) is 20.8 Å². The fourth-order valence-electron chi connectivity index (χ4n) is 4.21. The van der Waals surface area contributed by atoms with Gasteiger partial charge in [-0.15, -0.1) is 0 Å². The van der Waals surface area contributed by atoms with Crippen molar-refractivity contribution in [2.45, 2.75) is 82.6 Å². The Labute approximate surface area is 153 Å². The van der Waals surface area contributed by atoms with Gasteiger partial charge >= 0.3 is 11.9 Å². The Hall–Kier alpha value is -1.66. The Morgan fingerprint density at radius 1 is 1.35 bits per heavy atom. The topological polar surface area (TPSA) is 77.7 Å². The second-order valence-electron chi connectivity index (χ2n) is 8.38. The van der Waals surface area contributed by atoms with Crippen LogP contribution >= 0.6 is 0 Å². The summed E-state index contributed by atoms with van der Waals surface area (Å²) in [5.74, 6) is -1.23. The molecule has 142 valence electrons. The molecule has 7 unspecified atom stereocenters. The minimum atomic E-state index is -0.905. The van der Waals surface area contributed by atoms with Gasteiger partial charge in [-0.2, -0.15) is 0 Å². The molecule has 0 N–H and O–H groups in total. The van der Waals surface area contributed by atoms with Crippen LogP contribution in [0, 0.1) is 5.92 Å². The molecule has 26 heavy (non-hydrogen) atoms. The number of allylic oxidation sites excluding steroid dienone is 1. The van der Waals surface area contributed by atoms with Crippen molar-refractivity contribution in [1.29, 1.82) is 0 Å². The van der Waals surface area contributed by atoms with E-state index >= 15 is 0 Å². The standard InChI is InChI=1S/C20H26O6/c1-10-7-6-8-19(4)16(26-19)15-14(11(2)17(21)24-15)13(9-10)23-18(22)20(5)12(3)25-20/h7,12-16H,2,6,8-9H2,1,3-5H3. The lowest BCUT2D eigenvalue weighted by atomic mass is 9.82. The fourth-order valence-corrected chi connectivity index (χ4v) is 4.21. The maximum absolute atomic E-state index is 12.6. The summed E-state index contributed by atoms with van der Waals surface area (Å²) in [4.78, 5) is 24.9. The SMILES string of the molecule is C=C1C(=O)OC2C1C(OC(=O)C1(C)OC1C)CC(C)=CCCC1(C)OC21. The number of ether oxygens (including phenoxy) is 4. The fraction of sp³-hybridized carbons (Fsp3) is 0.700. The zero-order valence-corrected chi connectivity index (χ0v) is 15.7. The summed E-state index contributed by atoms with van der Waals surface area (Å²) in [6.07, 6.45) is 3.10. The van der Waals surface area contributed by atoms with Crippen molar-refractivity contribution in [2.75, 3.05) is 0 Å². The van der Waals surface area contributed by atoms with Crippen LogP contribution in [0.4, 0.5) is 0 Å². The van der Waals surface area contributed by atoms with Crippen molar-refractivity contribution in [3.63, 3.8) is 0 Å². The highest BCUT2D eigenvalue weighted by molar-refractivity contribution is 5.91. The van der Waals surface area contributed by atoms with Gasteiger partial charge in [-0.3, -0.25) is 0 Å². The Morgan fingerprint density at radius 2 is 2.04 bits per heavy atom. The number of hydrogen-bond acceptors (Lipinski definition) is 6. The highest BCUT2D eigenvalue weighted by Gasteiger charge is 2.64. The summed E-state index contributed by atoms with van der Waals surface area (Å²) >= 11 is 0. The second-order valence-corrected chi connectivity index (χ2v) is 8.38. The lowest BCUT2D eigenvalue weighted by Gasteiger charge is -2.28. The molecular weight excluding hydrogens is 336 g/mol. The normalized spacial score (nSPS) is 47.2. The molecule has 0 radical (unpaired) electrons. The molecular formula is C20H26O6. The molecule has 0 amide bonds. The predicted molar refractivity (Wildman–Crippen MR) is 92.2 cm³/mol. The molecule has 6 heteroatoms. The molecule has 3 aliphatic heterocycles. The van der Waals surface area contributed by atoms with E-state index in [-0.39, 0.29) is 17.8 Å². The molecule has 7 atom stereocenters. The first-order valence-corrected chi connectivity index (χ1v) is 9.28. The van der Waals surface area contributed by atoms with Gasteiger partial charge in [0.25, 0.3) is 0 Å². The van der Waals surface area contributed by atoms with Crippen LogP contribution in [0.3, 0.4) is 0 Å². The third kappa shape index (κ3) is 2.70. The van der Waals surface area contributed by atoms with Crippen LogP contribution in [0.25, 0.3) is 0 Å². The maximum atomic E-state index is 12.6. The summed E-state index contributed by atoms with van der Waals surface area (Å²) in [5.41, 5.74) is 0.259. The number of hydrogen-bond donors (Lipinski definition) is 0. The minimum Gasteiger partial charge on any atom is -0.459 e. The van der Waals surface area contributed by atoms with Gasteiger partial charge in [-0.1, -0.05) is 18.2 Å². The Bertz CT molecular complexity index is 711. The van der Waals surface area contributed by atoms with Crippen molar-refractivity contribution in [2.24, 2.45) is 5.92 Å². The Kier molecular flexibility index (Phi) is 3.87. The van der Waals surface area contributed by atoms with E-state index in [0.29, 0.717) is 12.0 Å². The molecule has 6 nitrogen and oxygen atoms in total. The highest BCUT2D eigenvalue weighted by Crippen LogP contribution is 2.50. The maximum Gasteiger partial charge on any atom is 0.341 e. The van der Waals surface area contributed by atoms with Gasteiger partial charge in [0, 0.05) is 12.0 Å². The summed E-state index contributed by atoms with van der Waals surface area (Å²) in [7, 11) is 0. The minimum absolute atomic E-state index is 0.165. The van der Waals surface area contributed by atoms with Crippen molar-refractivity contribution in [3.8, 4) is 0 Å². The lowest BCUT2D eigenvalue weighted by Crippen LogP contribution is -2.40.